The van der Waals surface area contributed by atoms with Crippen LogP contribution in [0.5, 0.6) is 0 Å². The summed E-state index contributed by atoms with van der Waals surface area (Å²) in [5.41, 5.74) is 9.96. The van der Waals surface area contributed by atoms with Gasteiger partial charge in [-0.25, -0.2) is 19.3 Å². The summed E-state index contributed by atoms with van der Waals surface area (Å²) in [6.45, 7) is 0. The molecule has 0 N–H and O–H groups in total. The van der Waals surface area contributed by atoms with E-state index in [1.807, 2.05) is 115 Å². The maximum Gasteiger partial charge on any atom is 0.164 e. The zero-order chi connectivity index (χ0) is 43.7. The Balaban J connectivity index is 1.25. The van der Waals surface area contributed by atoms with Crippen molar-refractivity contribution in [2.45, 2.75) is 0 Å². The van der Waals surface area contributed by atoms with E-state index in [2.05, 4.69) is 28.8 Å². The molecule has 0 fully saturated rings. The Morgan fingerprint density at radius 1 is 0.375 bits per heavy atom. The average Bonchev–Trinajstić information content (AvgIpc) is 3.69. The van der Waals surface area contributed by atoms with Gasteiger partial charge >= 0.3 is 0 Å². The first-order valence-corrected chi connectivity index (χ1v) is 20.2. The molecule has 0 aliphatic rings. The molecule has 0 aliphatic carbocycles. The second kappa shape index (κ2) is 16.1. The topological polar surface area (TPSA) is 139 Å². The molecule has 0 radical (unpaired) electrons. The third kappa shape index (κ3) is 6.85. The summed E-state index contributed by atoms with van der Waals surface area (Å²) in [6.07, 6.45) is 0. The van der Waals surface area contributed by atoms with Crippen LogP contribution in [-0.4, -0.2) is 19.5 Å². The lowest BCUT2D eigenvalue weighted by Crippen LogP contribution is -2.03. The molecule has 9 heteroatoms. The Morgan fingerprint density at radius 3 is 1.36 bits per heavy atom. The molecule has 8 aromatic carbocycles. The highest BCUT2D eigenvalue weighted by Gasteiger charge is 2.22. The van der Waals surface area contributed by atoms with Gasteiger partial charge in [-0.2, -0.15) is 21.0 Å². The van der Waals surface area contributed by atoms with Crippen LogP contribution < -0.4 is 0 Å². The molecule has 0 spiro atoms. The molecule has 2 aromatic heterocycles. The van der Waals surface area contributed by atoms with Gasteiger partial charge in [0.05, 0.1) is 57.6 Å². The Kier molecular flexibility index (Phi) is 9.75. The van der Waals surface area contributed by atoms with Crippen molar-refractivity contribution in [1.29, 1.82) is 21.0 Å². The van der Waals surface area contributed by atoms with E-state index in [9.17, 15) is 21.0 Å². The van der Waals surface area contributed by atoms with Crippen LogP contribution in [0.2, 0.25) is 0 Å². The smallest absolute Gasteiger partial charge is 0.164 e. The minimum atomic E-state index is -0.395. The monoisotopic (exact) mass is 820 g/mol. The predicted molar refractivity (Wildman–Crippen MR) is 246 cm³/mol. The summed E-state index contributed by atoms with van der Waals surface area (Å²) >= 11 is 0. The van der Waals surface area contributed by atoms with Crippen molar-refractivity contribution in [2.24, 2.45) is 0 Å². The van der Waals surface area contributed by atoms with E-state index in [-0.39, 0.29) is 0 Å². The molecular formula is C55H29FN8. The fourth-order valence-corrected chi connectivity index (χ4v) is 8.25. The van der Waals surface area contributed by atoms with Gasteiger partial charge in [0.1, 0.15) is 5.82 Å². The molecule has 0 unspecified atom stereocenters. The van der Waals surface area contributed by atoms with E-state index in [4.69, 9.17) is 15.0 Å². The summed E-state index contributed by atoms with van der Waals surface area (Å²) in [6, 6.07) is 62.7. The Morgan fingerprint density at radius 2 is 0.859 bits per heavy atom. The number of benzene rings is 8. The van der Waals surface area contributed by atoms with Crippen molar-refractivity contribution >= 4 is 21.8 Å². The number of halogens is 1. The molecule has 64 heavy (non-hydrogen) atoms. The van der Waals surface area contributed by atoms with E-state index in [1.54, 1.807) is 54.6 Å². The molecule has 0 saturated heterocycles. The number of hydrogen-bond acceptors (Lipinski definition) is 7. The van der Waals surface area contributed by atoms with Crippen LogP contribution in [0, 0.1) is 51.1 Å². The van der Waals surface area contributed by atoms with Crippen LogP contribution in [-0.2, 0) is 0 Å². The van der Waals surface area contributed by atoms with Crippen molar-refractivity contribution in [1.82, 2.24) is 19.5 Å². The molecule has 2 heterocycles. The van der Waals surface area contributed by atoms with Gasteiger partial charge in [-0.05, 0) is 94.5 Å². The number of fused-ring (bicyclic) bond motifs is 3. The Hall–Kier alpha value is -9.54. The SMILES string of the molecule is N#Cc1ccc(-c2ccc3c(c2)c2cc(-c4ccc(C#N)cc4C#N)ccc2n3-c2ccc(-c3ccccc3F)c(-c3nc(-c4ccccc4)nc(-c4ccccc4)n3)c2)c(C#N)c1. The van der Waals surface area contributed by atoms with Gasteiger partial charge in [-0.15, -0.1) is 0 Å². The van der Waals surface area contributed by atoms with Crippen LogP contribution in [0.15, 0.2) is 176 Å². The van der Waals surface area contributed by atoms with Gasteiger partial charge in [0, 0.05) is 38.7 Å². The molecule has 0 amide bonds. The number of hydrogen-bond donors (Lipinski definition) is 0. The van der Waals surface area contributed by atoms with E-state index in [1.165, 1.54) is 6.07 Å². The first kappa shape index (κ1) is 38.6. The summed E-state index contributed by atoms with van der Waals surface area (Å²) in [4.78, 5) is 15.0. The van der Waals surface area contributed by atoms with Crippen LogP contribution in [0.1, 0.15) is 22.3 Å². The van der Waals surface area contributed by atoms with Gasteiger partial charge in [0.15, 0.2) is 17.5 Å². The highest BCUT2D eigenvalue weighted by Crippen LogP contribution is 2.41. The second-order valence-electron chi connectivity index (χ2n) is 15.0. The lowest BCUT2D eigenvalue weighted by Gasteiger charge is -2.16. The lowest BCUT2D eigenvalue weighted by atomic mass is 9.95. The largest absolute Gasteiger partial charge is 0.309 e. The third-order valence-corrected chi connectivity index (χ3v) is 11.3. The number of rotatable bonds is 7. The molecule has 8 nitrogen and oxygen atoms in total. The van der Waals surface area contributed by atoms with Gasteiger partial charge in [-0.1, -0.05) is 109 Å². The Bertz CT molecular complexity index is 3490. The van der Waals surface area contributed by atoms with Gasteiger partial charge in [0.2, 0.25) is 0 Å². The fourth-order valence-electron chi connectivity index (χ4n) is 8.25. The van der Waals surface area contributed by atoms with E-state index in [0.717, 1.165) is 49.7 Å². The number of nitriles is 4. The van der Waals surface area contributed by atoms with Crippen LogP contribution in [0.3, 0.4) is 0 Å². The van der Waals surface area contributed by atoms with Crippen molar-refractivity contribution < 1.29 is 4.39 Å². The second-order valence-corrected chi connectivity index (χ2v) is 15.0. The lowest BCUT2D eigenvalue weighted by molar-refractivity contribution is 0.631. The molecule has 0 atom stereocenters. The zero-order valence-corrected chi connectivity index (χ0v) is 33.7. The molecule has 0 saturated carbocycles. The van der Waals surface area contributed by atoms with Crippen molar-refractivity contribution in [3.8, 4) is 97.5 Å². The standard InChI is InChI=1S/C55H29FN8/c56-50-14-8-7-13-46(50)45-22-19-42(29-49(45)55-62-53(36-9-3-1-4-10-36)61-54(63-55)37-11-5-2-6-12-37)64-51-23-17-38(43-20-15-34(30-57)25-40(43)32-59)27-47(51)48-28-39(18-24-52(48)64)44-21-16-35(31-58)26-41(44)33-60/h1-29H. The summed E-state index contributed by atoms with van der Waals surface area (Å²) < 4.78 is 18.0. The maximum atomic E-state index is 15.9. The van der Waals surface area contributed by atoms with Gasteiger partial charge in [0.25, 0.3) is 0 Å². The van der Waals surface area contributed by atoms with Crippen LogP contribution >= 0.6 is 0 Å². The van der Waals surface area contributed by atoms with Gasteiger partial charge < -0.3 is 4.57 Å². The third-order valence-electron chi connectivity index (χ3n) is 11.3. The predicted octanol–water partition coefficient (Wildman–Crippen LogP) is 12.6. The zero-order valence-electron chi connectivity index (χ0n) is 33.7. The van der Waals surface area contributed by atoms with E-state index in [0.29, 0.717) is 67.5 Å². The van der Waals surface area contributed by atoms with E-state index >= 15 is 4.39 Å². The van der Waals surface area contributed by atoms with Crippen LogP contribution in [0.25, 0.3) is 95.0 Å². The van der Waals surface area contributed by atoms with Crippen LogP contribution in [0.4, 0.5) is 4.39 Å². The first-order valence-electron chi connectivity index (χ1n) is 20.2. The highest BCUT2D eigenvalue weighted by atomic mass is 19.1. The first-order chi connectivity index (χ1) is 31.4. The molecule has 0 aliphatic heterocycles. The summed E-state index contributed by atoms with van der Waals surface area (Å²) in [5, 5.41) is 41.1. The molecule has 296 valence electrons. The normalized spacial score (nSPS) is 10.8. The Labute approximate surface area is 366 Å². The summed E-state index contributed by atoms with van der Waals surface area (Å²) in [7, 11) is 0. The number of aromatic nitrogens is 4. The minimum Gasteiger partial charge on any atom is -0.309 e. The molecular weight excluding hydrogens is 792 g/mol. The molecule has 0 bridgehead atoms. The van der Waals surface area contributed by atoms with Crippen molar-refractivity contribution in [3.63, 3.8) is 0 Å². The quantitative estimate of drug-likeness (QED) is 0.156. The van der Waals surface area contributed by atoms with Crippen molar-refractivity contribution in [2.75, 3.05) is 0 Å². The van der Waals surface area contributed by atoms with E-state index < -0.39 is 5.82 Å². The fraction of sp³-hybridized carbons (Fsp3) is 0. The number of nitrogens with zero attached hydrogens (tertiary/aromatic N) is 8. The molecule has 10 aromatic rings. The molecule has 10 rings (SSSR count). The highest BCUT2D eigenvalue weighted by molar-refractivity contribution is 6.12. The van der Waals surface area contributed by atoms with Crippen molar-refractivity contribution in [3.05, 3.63) is 204 Å². The van der Waals surface area contributed by atoms with Gasteiger partial charge in [-0.3, -0.25) is 0 Å². The maximum absolute atomic E-state index is 15.9. The summed E-state index contributed by atoms with van der Waals surface area (Å²) in [5.74, 6) is 0.886. The average molecular weight is 821 g/mol. The minimum absolute atomic E-state index is 0.354.